The molecule has 0 heterocycles. The molecule has 2 unspecified atom stereocenters. The number of carbonyl (C=O) groups is 1. The quantitative estimate of drug-likeness (QED) is 0.804. The van der Waals surface area contributed by atoms with E-state index in [1.54, 1.807) is 18.2 Å². The van der Waals surface area contributed by atoms with Gasteiger partial charge in [-0.3, -0.25) is 4.79 Å². The van der Waals surface area contributed by atoms with Gasteiger partial charge in [0.1, 0.15) is 5.75 Å². The predicted octanol–water partition coefficient (Wildman–Crippen LogP) is 3.38. The second-order valence-corrected chi connectivity index (χ2v) is 5.33. The smallest absolute Gasteiger partial charge is 0.309 e. The first-order chi connectivity index (χ1) is 9.01. The molecule has 0 aliphatic carbocycles. The Balaban J connectivity index is 3.04. The highest BCUT2D eigenvalue weighted by Gasteiger charge is 2.29. The highest BCUT2D eigenvalue weighted by molar-refractivity contribution is 9.10. The fraction of sp³-hybridized carbons (Fsp3) is 0.500. The Morgan fingerprint density at radius 1 is 1.47 bits per heavy atom. The molecule has 2 atom stereocenters. The van der Waals surface area contributed by atoms with Crippen molar-refractivity contribution in [2.75, 3.05) is 7.11 Å². The van der Waals surface area contributed by atoms with Crippen molar-refractivity contribution >= 4 is 21.9 Å². The summed E-state index contributed by atoms with van der Waals surface area (Å²) in [7, 11) is 1.50. The molecule has 1 rings (SSSR count). The van der Waals surface area contributed by atoms with Crippen molar-refractivity contribution in [1.82, 2.24) is 0 Å². The van der Waals surface area contributed by atoms with Gasteiger partial charge >= 0.3 is 5.97 Å². The normalized spacial score (nSPS) is 13.9. The lowest BCUT2D eigenvalue weighted by Gasteiger charge is -2.21. The van der Waals surface area contributed by atoms with Gasteiger partial charge in [0.2, 0.25) is 0 Å². The van der Waals surface area contributed by atoms with Gasteiger partial charge in [0.05, 0.1) is 19.1 Å². The number of unbranched alkanes of at least 4 members (excludes halogenated alkanes) is 1. The number of hydrogen-bond donors (Lipinski definition) is 2. The SMILES string of the molecule is CCCCC(C(=O)O)C(O)c1cc(Br)ccc1OC. The van der Waals surface area contributed by atoms with Gasteiger partial charge < -0.3 is 14.9 Å². The van der Waals surface area contributed by atoms with E-state index in [9.17, 15) is 15.0 Å². The summed E-state index contributed by atoms with van der Waals surface area (Å²) in [5.41, 5.74) is 0.500. The molecule has 19 heavy (non-hydrogen) atoms. The molecule has 4 nitrogen and oxygen atoms in total. The van der Waals surface area contributed by atoms with Crippen LogP contribution in [0.5, 0.6) is 5.75 Å². The Bertz CT molecular complexity index is 433. The zero-order chi connectivity index (χ0) is 14.4. The highest BCUT2D eigenvalue weighted by atomic mass is 79.9. The van der Waals surface area contributed by atoms with Crippen molar-refractivity contribution in [1.29, 1.82) is 0 Å². The van der Waals surface area contributed by atoms with Gasteiger partial charge in [-0.2, -0.15) is 0 Å². The lowest BCUT2D eigenvalue weighted by molar-refractivity contribution is -0.146. The van der Waals surface area contributed by atoms with E-state index in [0.29, 0.717) is 17.7 Å². The minimum absolute atomic E-state index is 0.447. The minimum Gasteiger partial charge on any atom is -0.496 e. The van der Waals surface area contributed by atoms with Crippen LogP contribution in [0.25, 0.3) is 0 Å². The molecule has 0 aliphatic rings. The number of carboxylic acid groups (broad SMARTS) is 1. The van der Waals surface area contributed by atoms with Gasteiger partial charge in [0.25, 0.3) is 0 Å². The number of hydrogen-bond acceptors (Lipinski definition) is 3. The first-order valence-corrected chi connectivity index (χ1v) is 7.04. The second kappa shape index (κ2) is 7.50. The van der Waals surface area contributed by atoms with Crippen LogP contribution in [0.1, 0.15) is 37.9 Å². The molecule has 0 saturated carbocycles. The molecule has 1 aromatic carbocycles. The zero-order valence-corrected chi connectivity index (χ0v) is 12.7. The minimum atomic E-state index is -1.07. The van der Waals surface area contributed by atoms with E-state index in [2.05, 4.69) is 15.9 Å². The standard InChI is InChI=1S/C14H19BrO4/c1-3-4-5-10(14(17)18)13(16)11-8-9(15)6-7-12(11)19-2/h6-8,10,13,16H,3-5H2,1-2H3,(H,17,18). The predicted molar refractivity (Wildman–Crippen MR) is 76.3 cm³/mol. The van der Waals surface area contributed by atoms with Crippen molar-refractivity contribution in [3.8, 4) is 5.75 Å². The summed E-state index contributed by atoms with van der Waals surface area (Å²) in [6.45, 7) is 1.99. The maximum atomic E-state index is 11.3. The monoisotopic (exact) mass is 330 g/mol. The first-order valence-electron chi connectivity index (χ1n) is 6.25. The van der Waals surface area contributed by atoms with Crippen molar-refractivity contribution in [2.45, 2.75) is 32.3 Å². The number of ether oxygens (including phenoxy) is 1. The van der Waals surface area contributed by atoms with Crippen molar-refractivity contribution in [3.05, 3.63) is 28.2 Å². The molecule has 0 saturated heterocycles. The van der Waals surface area contributed by atoms with Crippen LogP contribution in [0, 0.1) is 5.92 Å². The molecule has 0 spiro atoms. The maximum absolute atomic E-state index is 11.3. The maximum Gasteiger partial charge on any atom is 0.309 e. The molecule has 0 bridgehead atoms. The fourth-order valence-electron chi connectivity index (χ4n) is 1.99. The highest BCUT2D eigenvalue weighted by Crippen LogP contribution is 2.34. The lowest BCUT2D eigenvalue weighted by atomic mass is 9.91. The molecule has 5 heteroatoms. The number of methoxy groups -OCH3 is 1. The summed E-state index contributed by atoms with van der Waals surface area (Å²) in [6, 6.07) is 5.20. The third-order valence-electron chi connectivity index (χ3n) is 3.08. The van der Waals surface area contributed by atoms with Gasteiger partial charge in [-0.1, -0.05) is 35.7 Å². The van der Waals surface area contributed by atoms with Gasteiger partial charge in [-0.25, -0.2) is 0 Å². The average Bonchev–Trinajstić information content (AvgIpc) is 2.38. The number of aliphatic carboxylic acids is 1. The number of aliphatic hydroxyl groups excluding tert-OH is 1. The van der Waals surface area contributed by atoms with E-state index >= 15 is 0 Å². The van der Waals surface area contributed by atoms with Crippen LogP contribution in [0.15, 0.2) is 22.7 Å². The molecule has 0 fully saturated rings. The zero-order valence-electron chi connectivity index (χ0n) is 11.1. The van der Waals surface area contributed by atoms with Crippen LogP contribution in [0.3, 0.4) is 0 Å². The molecule has 0 radical (unpaired) electrons. The molecule has 2 N–H and O–H groups in total. The summed E-state index contributed by atoms with van der Waals surface area (Å²) in [4.78, 5) is 11.3. The van der Waals surface area contributed by atoms with Crippen LogP contribution in [-0.4, -0.2) is 23.3 Å². The Morgan fingerprint density at radius 3 is 2.68 bits per heavy atom. The van der Waals surface area contributed by atoms with Crippen molar-refractivity contribution in [3.63, 3.8) is 0 Å². The summed E-state index contributed by atoms with van der Waals surface area (Å²) in [5, 5.41) is 19.6. The van der Waals surface area contributed by atoms with E-state index < -0.39 is 18.0 Å². The van der Waals surface area contributed by atoms with Gasteiger partial charge in [0, 0.05) is 10.0 Å². The van der Waals surface area contributed by atoms with Crippen LogP contribution < -0.4 is 4.74 Å². The van der Waals surface area contributed by atoms with Gasteiger partial charge in [-0.05, 0) is 24.6 Å². The van der Waals surface area contributed by atoms with Crippen molar-refractivity contribution in [2.24, 2.45) is 5.92 Å². The summed E-state index contributed by atoms with van der Waals surface area (Å²) in [5.74, 6) is -1.30. The lowest BCUT2D eigenvalue weighted by Crippen LogP contribution is -2.22. The first kappa shape index (κ1) is 16.0. The van der Waals surface area contributed by atoms with E-state index in [4.69, 9.17) is 4.74 Å². The van der Waals surface area contributed by atoms with Crippen LogP contribution in [0.2, 0.25) is 0 Å². The van der Waals surface area contributed by atoms with Crippen LogP contribution in [-0.2, 0) is 4.79 Å². The average molecular weight is 331 g/mol. The van der Waals surface area contributed by atoms with E-state index in [-0.39, 0.29) is 0 Å². The van der Waals surface area contributed by atoms with Crippen molar-refractivity contribution < 1.29 is 19.7 Å². The Labute approximate surface area is 121 Å². The van der Waals surface area contributed by atoms with E-state index in [1.807, 2.05) is 6.92 Å². The van der Waals surface area contributed by atoms with E-state index in [0.717, 1.165) is 17.3 Å². The molecule has 0 amide bonds. The topological polar surface area (TPSA) is 66.8 Å². The van der Waals surface area contributed by atoms with Gasteiger partial charge in [-0.15, -0.1) is 0 Å². The third-order valence-corrected chi connectivity index (χ3v) is 3.57. The van der Waals surface area contributed by atoms with Gasteiger partial charge in [0.15, 0.2) is 0 Å². The van der Waals surface area contributed by atoms with Crippen LogP contribution in [0.4, 0.5) is 0 Å². The van der Waals surface area contributed by atoms with Crippen LogP contribution >= 0.6 is 15.9 Å². The fourth-order valence-corrected chi connectivity index (χ4v) is 2.37. The van der Waals surface area contributed by atoms with E-state index in [1.165, 1.54) is 7.11 Å². The third kappa shape index (κ3) is 4.21. The summed E-state index contributed by atoms with van der Waals surface area (Å²) in [6.07, 6.45) is 1.04. The molecule has 1 aromatic rings. The number of carboxylic acids is 1. The Kier molecular flexibility index (Phi) is 6.31. The summed E-state index contributed by atoms with van der Waals surface area (Å²) < 4.78 is 5.96. The number of halogens is 1. The Hall–Kier alpha value is -1.07. The molecular weight excluding hydrogens is 312 g/mol. The number of aliphatic hydroxyl groups is 1. The Morgan fingerprint density at radius 2 is 2.16 bits per heavy atom. The molecular formula is C14H19BrO4. The molecule has 0 aromatic heterocycles. The largest absolute Gasteiger partial charge is 0.496 e. The number of benzene rings is 1. The molecule has 0 aliphatic heterocycles. The summed E-state index contributed by atoms with van der Waals surface area (Å²) >= 11 is 3.32. The second-order valence-electron chi connectivity index (χ2n) is 4.42. The number of rotatable bonds is 7. The molecule has 106 valence electrons.